The average Bonchev–Trinajstić information content (AvgIpc) is 3.24. The molecule has 0 atom stereocenters. The zero-order valence-corrected chi connectivity index (χ0v) is 17.9. The fourth-order valence-electron chi connectivity index (χ4n) is 4.14. The molecule has 0 radical (unpaired) electrons. The van der Waals surface area contributed by atoms with Crippen LogP contribution in [0, 0.1) is 6.92 Å². The molecule has 5 heteroatoms. The van der Waals surface area contributed by atoms with Crippen LogP contribution in [0.1, 0.15) is 34.5 Å². The maximum absolute atomic E-state index is 12.9. The second-order valence-corrected chi connectivity index (χ2v) is 8.19. The minimum Gasteiger partial charge on any atom is -0.339 e. The molecular weight excluding hydrogens is 372 g/mol. The minimum atomic E-state index is 0.128. The van der Waals surface area contributed by atoms with Crippen molar-refractivity contribution in [2.75, 3.05) is 26.7 Å². The van der Waals surface area contributed by atoms with E-state index in [1.54, 1.807) is 0 Å². The number of aromatic nitrogens is 2. The Morgan fingerprint density at radius 1 is 1.03 bits per heavy atom. The fourth-order valence-corrected chi connectivity index (χ4v) is 4.14. The van der Waals surface area contributed by atoms with Crippen LogP contribution < -0.4 is 0 Å². The molecule has 0 bridgehead atoms. The first-order valence-corrected chi connectivity index (χ1v) is 10.8. The molecular formula is C25H30N4O. The first-order chi connectivity index (χ1) is 14.6. The summed E-state index contributed by atoms with van der Waals surface area (Å²) in [4.78, 5) is 17.4. The molecule has 2 heterocycles. The number of hydrogen-bond acceptors (Lipinski definition) is 3. The predicted molar refractivity (Wildman–Crippen MR) is 120 cm³/mol. The Kier molecular flexibility index (Phi) is 6.29. The van der Waals surface area contributed by atoms with Gasteiger partial charge in [0, 0.05) is 37.4 Å². The normalized spacial score (nSPS) is 15.0. The van der Waals surface area contributed by atoms with Crippen LogP contribution in [0.25, 0.3) is 5.69 Å². The topological polar surface area (TPSA) is 41.4 Å². The summed E-state index contributed by atoms with van der Waals surface area (Å²) in [6, 6.07) is 20.9. The highest BCUT2D eigenvalue weighted by molar-refractivity contribution is 5.94. The van der Waals surface area contributed by atoms with Gasteiger partial charge in [0.15, 0.2) is 0 Å². The van der Waals surface area contributed by atoms with Gasteiger partial charge in [0.25, 0.3) is 5.91 Å². The molecule has 1 fully saturated rings. The summed E-state index contributed by atoms with van der Waals surface area (Å²) < 4.78 is 1.83. The lowest BCUT2D eigenvalue weighted by Crippen LogP contribution is -2.46. The molecule has 1 amide bonds. The second-order valence-electron chi connectivity index (χ2n) is 8.19. The second kappa shape index (κ2) is 9.26. The number of carbonyl (C=O) groups excluding carboxylic acids is 1. The molecule has 1 aliphatic heterocycles. The monoisotopic (exact) mass is 402 g/mol. The van der Waals surface area contributed by atoms with Gasteiger partial charge in [0.05, 0.1) is 11.4 Å². The van der Waals surface area contributed by atoms with E-state index in [1.807, 2.05) is 53.0 Å². The summed E-state index contributed by atoms with van der Waals surface area (Å²) in [5.41, 5.74) is 4.08. The van der Waals surface area contributed by atoms with E-state index in [-0.39, 0.29) is 5.91 Å². The van der Waals surface area contributed by atoms with Gasteiger partial charge >= 0.3 is 0 Å². The lowest BCUT2D eigenvalue weighted by Gasteiger charge is -2.37. The molecule has 30 heavy (non-hydrogen) atoms. The minimum absolute atomic E-state index is 0.128. The number of rotatable bonds is 6. The zero-order valence-electron chi connectivity index (χ0n) is 17.9. The molecule has 0 saturated carbocycles. The van der Waals surface area contributed by atoms with Gasteiger partial charge in [-0.1, -0.05) is 30.3 Å². The smallest absolute Gasteiger partial charge is 0.253 e. The van der Waals surface area contributed by atoms with Gasteiger partial charge in [0.2, 0.25) is 0 Å². The van der Waals surface area contributed by atoms with Crippen molar-refractivity contribution in [2.24, 2.45) is 0 Å². The molecule has 1 aromatic heterocycles. The highest BCUT2D eigenvalue weighted by Crippen LogP contribution is 2.19. The van der Waals surface area contributed by atoms with E-state index in [1.165, 1.54) is 5.56 Å². The lowest BCUT2D eigenvalue weighted by atomic mass is 10.0. The number of amides is 1. The maximum Gasteiger partial charge on any atom is 0.253 e. The summed E-state index contributed by atoms with van der Waals surface area (Å²) in [5, 5.41) is 4.42. The van der Waals surface area contributed by atoms with Gasteiger partial charge in [0.1, 0.15) is 0 Å². The fraction of sp³-hybridized carbons (Fsp3) is 0.360. The number of hydrogen-bond donors (Lipinski definition) is 0. The zero-order chi connectivity index (χ0) is 20.9. The SMILES string of the molecule is Cc1ccn(-c2ccc(C(=O)N3CCC(N(C)CCc4ccccc4)CC3)cc2)n1. The van der Waals surface area contributed by atoms with Gasteiger partial charge in [-0.2, -0.15) is 5.10 Å². The number of carbonyl (C=O) groups is 1. The van der Waals surface area contributed by atoms with Gasteiger partial charge in [-0.15, -0.1) is 0 Å². The Hall–Kier alpha value is -2.92. The van der Waals surface area contributed by atoms with E-state index >= 15 is 0 Å². The van der Waals surface area contributed by atoms with E-state index < -0.39 is 0 Å². The molecule has 1 saturated heterocycles. The molecule has 4 rings (SSSR count). The van der Waals surface area contributed by atoms with Crippen LogP contribution in [0.15, 0.2) is 66.9 Å². The van der Waals surface area contributed by atoms with Crippen LogP contribution in [0.2, 0.25) is 0 Å². The van der Waals surface area contributed by atoms with Crippen molar-refractivity contribution in [3.63, 3.8) is 0 Å². The van der Waals surface area contributed by atoms with Crippen molar-refractivity contribution in [1.29, 1.82) is 0 Å². The first kappa shape index (κ1) is 20.4. The molecule has 1 aliphatic rings. The maximum atomic E-state index is 12.9. The van der Waals surface area contributed by atoms with Gasteiger partial charge in [-0.3, -0.25) is 4.79 Å². The summed E-state index contributed by atoms with van der Waals surface area (Å²) in [7, 11) is 2.21. The third kappa shape index (κ3) is 4.79. The van der Waals surface area contributed by atoms with Gasteiger partial charge in [-0.05, 0) is 69.1 Å². The summed E-state index contributed by atoms with van der Waals surface area (Å²) in [5.74, 6) is 0.128. The standard InChI is InChI=1S/C25H30N4O/c1-20-12-19-29(26-20)24-10-8-22(9-11-24)25(30)28-17-14-23(15-18-28)27(2)16-13-21-6-4-3-5-7-21/h3-12,19,23H,13-18H2,1-2H3. The van der Waals surface area contributed by atoms with Crippen molar-refractivity contribution in [3.8, 4) is 5.69 Å². The van der Waals surface area contributed by atoms with Crippen molar-refractivity contribution in [2.45, 2.75) is 32.2 Å². The van der Waals surface area contributed by atoms with Crippen molar-refractivity contribution in [1.82, 2.24) is 19.6 Å². The highest BCUT2D eigenvalue weighted by atomic mass is 16.2. The number of nitrogens with zero attached hydrogens (tertiary/aromatic N) is 4. The van der Waals surface area contributed by atoms with E-state index in [4.69, 9.17) is 0 Å². The molecule has 0 N–H and O–H groups in total. The first-order valence-electron chi connectivity index (χ1n) is 10.8. The number of piperidine rings is 1. The van der Waals surface area contributed by atoms with Crippen LogP contribution in [0.3, 0.4) is 0 Å². The third-order valence-electron chi connectivity index (χ3n) is 6.07. The predicted octanol–water partition coefficient (Wildman–Crippen LogP) is 3.96. The Balaban J connectivity index is 1.28. The molecule has 0 aliphatic carbocycles. The number of aryl methyl sites for hydroxylation is 1. The van der Waals surface area contributed by atoms with Crippen molar-refractivity contribution >= 4 is 5.91 Å². The van der Waals surface area contributed by atoms with Crippen molar-refractivity contribution in [3.05, 3.63) is 83.7 Å². The molecule has 2 aromatic carbocycles. The Morgan fingerprint density at radius 3 is 2.37 bits per heavy atom. The Morgan fingerprint density at radius 2 is 1.73 bits per heavy atom. The van der Waals surface area contributed by atoms with E-state index in [0.29, 0.717) is 6.04 Å². The van der Waals surface area contributed by atoms with Gasteiger partial charge < -0.3 is 9.80 Å². The summed E-state index contributed by atoms with van der Waals surface area (Å²) >= 11 is 0. The van der Waals surface area contributed by atoms with E-state index in [9.17, 15) is 4.79 Å². The Labute approximate surface area is 178 Å². The summed E-state index contributed by atoms with van der Waals surface area (Å²) in [6.07, 6.45) is 5.06. The molecule has 3 aromatic rings. The summed E-state index contributed by atoms with van der Waals surface area (Å²) in [6.45, 7) is 4.66. The molecule has 0 unspecified atom stereocenters. The quantitative estimate of drug-likeness (QED) is 0.627. The Bertz CT molecular complexity index is 956. The van der Waals surface area contributed by atoms with Crippen LogP contribution in [0.4, 0.5) is 0 Å². The van der Waals surface area contributed by atoms with Crippen LogP contribution in [0.5, 0.6) is 0 Å². The average molecular weight is 403 g/mol. The lowest BCUT2D eigenvalue weighted by molar-refractivity contribution is 0.0647. The van der Waals surface area contributed by atoms with Gasteiger partial charge in [-0.25, -0.2) is 4.68 Å². The molecule has 0 spiro atoms. The largest absolute Gasteiger partial charge is 0.339 e. The van der Waals surface area contributed by atoms with Crippen molar-refractivity contribution < 1.29 is 4.79 Å². The number of likely N-dealkylation sites (tertiary alicyclic amines) is 1. The number of likely N-dealkylation sites (N-methyl/N-ethyl adjacent to an activating group) is 1. The molecule has 5 nitrogen and oxygen atoms in total. The van der Waals surface area contributed by atoms with Crippen LogP contribution in [-0.2, 0) is 6.42 Å². The van der Waals surface area contributed by atoms with Crippen LogP contribution >= 0.6 is 0 Å². The molecule has 156 valence electrons. The highest BCUT2D eigenvalue weighted by Gasteiger charge is 2.25. The third-order valence-corrected chi connectivity index (χ3v) is 6.07. The van der Waals surface area contributed by atoms with E-state index in [2.05, 4.69) is 47.4 Å². The number of benzene rings is 2. The van der Waals surface area contributed by atoms with E-state index in [0.717, 1.165) is 55.8 Å². The van der Waals surface area contributed by atoms with Crippen LogP contribution in [-0.4, -0.2) is 58.2 Å².